The summed E-state index contributed by atoms with van der Waals surface area (Å²) in [6.07, 6.45) is 3.88. The third-order valence-electron chi connectivity index (χ3n) is 5.73. The number of nitrogens with zero attached hydrogens (tertiary/aromatic N) is 1. The number of piperidine rings is 1. The van der Waals surface area contributed by atoms with Crippen LogP contribution in [0.25, 0.3) is 11.1 Å². The van der Waals surface area contributed by atoms with Crippen molar-refractivity contribution in [1.82, 2.24) is 4.90 Å². The molecule has 3 aromatic carbocycles. The quantitative estimate of drug-likeness (QED) is 0.514. The van der Waals surface area contributed by atoms with Crippen molar-refractivity contribution in [3.8, 4) is 11.1 Å². The third-order valence-corrected chi connectivity index (χ3v) is 5.73. The smallest absolute Gasteiger partial charge is 0.0354 e. The van der Waals surface area contributed by atoms with E-state index in [2.05, 4.69) is 96.8 Å². The first kappa shape index (κ1) is 17.1. The van der Waals surface area contributed by atoms with E-state index in [0.29, 0.717) is 12.1 Å². The standard InChI is InChI=1S/C25H27N/c1-20(21-10-4-2-5-11-21)26-19-9-8-14-25(26)24-17-15-23(16-18-24)22-12-6-3-7-13-22/h2-7,10-13,15-18,20,25H,8-9,14,19H2,1H3/t20-,25+/m1/s1. The van der Waals surface area contributed by atoms with Gasteiger partial charge in [0.05, 0.1) is 0 Å². The van der Waals surface area contributed by atoms with Gasteiger partial charge in [-0.25, -0.2) is 0 Å². The van der Waals surface area contributed by atoms with Crippen molar-refractivity contribution < 1.29 is 0 Å². The van der Waals surface area contributed by atoms with E-state index in [0.717, 1.165) is 0 Å². The van der Waals surface area contributed by atoms with E-state index in [-0.39, 0.29) is 0 Å². The maximum atomic E-state index is 2.69. The molecule has 0 radical (unpaired) electrons. The van der Waals surface area contributed by atoms with Crippen LogP contribution in [-0.2, 0) is 0 Å². The molecule has 4 rings (SSSR count). The lowest BCUT2D eigenvalue weighted by Crippen LogP contribution is -2.35. The SMILES string of the molecule is C[C@H](c1ccccc1)N1CCCC[C@H]1c1ccc(-c2ccccc2)cc1. The fourth-order valence-corrected chi connectivity index (χ4v) is 4.23. The van der Waals surface area contributed by atoms with Crippen molar-refractivity contribution in [3.05, 3.63) is 96.1 Å². The first-order valence-electron chi connectivity index (χ1n) is 9.79. The Morgan fingerprint density at radius 2 is 1.35 bits per heavy atom. The topological polar surface area (TPSA) is 3.24 Å². The zero-order valence-electron chi connectivity index (χ0n) is 15.5. The Kier molecular flexibility index (Phi) is 5.17. The van der Waals surface area contributed by atoms with Crippen LogP contribution >= 0.6 is 0 Å². The Balaban J connectivity index is 1.58. The summed E-state index contributed by atoms with van der Waals surface area (Å²) in [6, 6.07) is 31.8. The van der Waals surface area contributed by atoms with Crippen LogP contribution in [0.4, 0.5) is 0 Å². The van der Waals surface area contributed by atoms with Crippen molar-refractivity contribution in [2.24, 2.45) is 0 Å². The van der Waals surface area contributed by atoms with Crippen LogP contribution in [0.2, 0.25) is 0 Å². The van der Waals surface area contributed by atoms with Gasteiger partial charge >= 0.3 is 0 Å². The summed E-state index contributed by atoms with van der Waals surface area (Å²) in [7, 11) is 0. The van der Waals surface area contributed by atoms with Gasteiger partial charge in [-0.1, -0.05) is 91.3 Å². The van der Waals surface area contributed by atoms with Gasteiger partial charge in [0.1, 0.15) is 0 Å². The first-order chi connectivity index (χ1) is 12.8. The molecule has 0 amide bonds. The number of hydrogen-bond acceptors (Lipinski definition) is 1. The molecule has 0 spiro atoms. The average Bonchev–Trinajstić information content (AvgIpc) is 2.75. The van der Waals surface area contributed by atoms with Crippen LogP contribution < -0.4 is 0 Å². The van der Waals surface area contributed by atoms with Crippen LogP contribution in [0.3, 0.4) is 0 Å². The van der Waals surface area contributed by atoms with Crippen molar-refractivity contribution in [2.45, 2.75) is 38.3 Å². The molecule has 0 N–H and O–H groups in total. The van der Waals surface area contributed by atoms with Crippen LogP contribution in [0.15, 0.2) is 84.9 Å². The highest BCUT2D eigenvalue weighted by Crippen LogP contribution is 2.37. The minimum Gasteiger partial charge on any atom is -0.290 e. The van der Waals surface area contributed by atoms with E-state index in [1.165, 1.54) is 48.1 Å². The van der Waals surface area contributed by atoms with Gasteiger partial charge in [-0.15, -0.1) is 0 Å². The molecule has 0 saturated carbocycles. The molecule has 1 heterocycles. The summed E-state index contributed by atoms with van der Waals surface area (Å²) in [5.74, 6) is 0. The molecule has 0 bridgehead atoms. The molecule has 26 heavy (non-hydrogen) atoms. The van der Waals surface area contributed by atoms with Crippen LogP contribution in [0.1, 0.15) is 49.4 Å². The van der Waals surface area contributed by atoms with Crippen LogP contribution in [0.5, 0.6) is 0 Å². The van der Waals surface area contributed by atoms with Gasteiger partial charge in [0.15, 0.2) is 0 Å². The third kappa shape index (κ3) is 3.59. The van der Waals surface area contributed by atoms with Gasteiger partial charge in [0.2, 0.25) is 0 Å². The molecule has 1 saturated heterocycles. The molecule has 2 atom stereocenters. The number of hydrogen-bond donors (Lipinski definition) is 0. The summed E-state index contributed by atoms with van der Waals surface area (Å²) in [5, 5.41) is 0. The molecule has 1 fully saturated rings. The van der Waals surface area contributed by atoms with Crippen LogP contribution in [-0.4, -0.2) is 11.4 Å². The second kappa shape index (κ2) is 7.88. The lowest BCUT2D eigenvalue weighted by Gasteiger charge is -2.40. The van der Waals surface area contributed by atoms with Gasteiger partial charge in [-0.2, -0.15) is 0 Å². The van der Waals surface area contributed by atoms with Crippen molar-refractivity contribution in [3.63, 3.8) is 0 Å². The summed E-state index contributed by atoms with van der Waals surface area (Å²) in [4.78, 5) is 2.69. The van der Waals surface area contributed by atoms with Crippen molar-refractivity contribution in [2.75, 3.05) is 6.54 Å². The molecular formula is C25H27N. The fraction of sp³-hybridized carbons (Fsp3) is 0.280. The predicted molar refractivity (Wildman–Crippen MR) is 110 cm³/mol. The Hall–Kier alpha value is -2.38. The second-order valence-corrected chi connectivity index (χ2v) is 7.32. The molecule has 0 aromatic heterocycles. The molecule has 0 aliphatic carbocycles. The average molecular weight is 341 g/mol. The molecular weight excluding hydrogens is 314 g/mol. The van der Waals surface area contributed by atoms with Gasteiger partial charge in [-0.05, 0) is 48.6 Å². The maximum absolute atomic E-state index is 2.69. The normalized spacial score (nSPS) is 19.2. The largest absolute Gasteiger partial charge is 0.290 e. The van der Waals surface area contributed by atoms with Crippen molar-refractivity contribution >= 4 is 0 Å². The van der Waals surface area contributed by atoms with Gasteiger partial charge in [-0.3, -0.25) is 4.90 Å². The highest BCUT2D eigenvalue weighted by Gasteiger charge is 2.28. The van der Waals surface area contributed by atoms with E-state index in [9.17, 15) is 0 Å². The van der Waals surface area contributed by atoms with Gasteiger partial charge in [0.25, 0.3) is 0 Å². The lowest BCUT2D eigenvalue weighted by atomic mass is 9.91. The van der Waals surface area contributed by atoms with Crippen molar-refractivity contribution in [1.29, 1.82) is 0 Å². The van der Waals surface area contributed by atoms with E-state index in [4.69, 9.17) is 0 Å². The Morgan fingerprint density at radius 3 is 2.04 bits per heavy atom. The molecule has 0 unspecified atom stereocenters. The van der Waals surface area contributed by atoms with Crippen LogP contribution in [0, 0.1) is 0 Å². The number of rotatable bonds is 4. The molecule has 3 aromatic rings. The van der Waals surface area contributed by atoms with Gasteiger partial charge in [0, 0.05) is 12.1 Å². The Bertz CT molecular complexity index is 808. The zero-order valence-corrected chi connectivity index (χ0v) is 15.5. The predicted octanol–water partition coefficient (Wildman–Crippen LogP) is 6.64. The summed E-state index contributed by atoms with van der Waals surface area (Å²) < 4.78 is 0. The molecule has 132 valence electrons. The second-order valence-electron chi connectivity index (χ2n) is 7.32. The van der Waals surface area contributed by atoms with E-state index < -0.39 is 0 Å². The lowest BCUT2D eigenvalue weighted by molar-refractivity contribution is 0.103. The Morgan fingerprint density at radius 1 is 0.731 bits per heavy atom. The molecule has 1 aliphatic heterocycles. The van der Waals surface area contributed by atoms with E-state index in [1.54, 1.807) is 0 Å². The summed E-state index contributed by atoms with van der Waals surface area (Å²) in [5.41, 5.74) is 5.46. The summed E-state index contributed by atoms with van der Waals surface area (Å²) >= 11 is 0. The zero-order chi connectivity index (χ0) is 17.8. The minimum atomic E-state index is 0.454. The Labute approximate surface area is 157 Å². The van der Waals surface area contributed by atoms with Gasteiger partial charge < -0.3 is 0 Å². The first-order valence-corrected chi connectivity index (χ1v) is 9.79. The molecule has 1 heteroatoms. The number of benzene rings is 3. The minimum absolute atomic E-state index is 0.454. The van der Waals surface area contributed by atoms with E-state index in [1.807, 2.05) is 0 Å². The van der Waals surface area contributed by atoms with E-state index >= 15 is 0 Å². The monoisotopic (exact) mass is 341 g/mol. The highest BCUT2D eigenvalue weighted by atomic mass is 15.2. The summed E-state index contributed by atoms with van der Waals surface area (Å²) in [6.45, 7) is 3.53. The molecule has 1 nitrogen and oxygen atoms in total. The highest BCUT2D eigenvalue weighted by molar-refractivity contribution is 5.63. The fourth-order valence-electron chi connectivity index (χ4n) is 4.23. The molecule has 1 aliphatic rings. The maximum Gasteiger partial charge on any atom is 0.0354 e. The number of likely N-dealkylation sites (tertiary alicyclic amines) is 1.